The zero-order chi connectivity index (χ0) is 21.3. The highest BCUT2D eigenvalue weighted by Gasteiger charge is 2.26. The molecule has 1 aliphatic rings. The van der Waals surface area contributed by atoms with E-state index >= 15 is 0 Å². The number of benzene rings is 1. The van der Waals surface area contributed by atoms with Crippen molar-refractivity contribution >= 4 is 29.3 Å². The molecule has 8 heteroatoms. The van der Waals surface area contributed by atoms with E-state index < -0.39 is 0 Å². The highest BCUT2D eigenvalue weighted by molar-refractivity contribution is 8.01. The molecule has 1 aliphatic heterocycles. The molecule has 2 N–H and O–H groups in total. The monoisotopic (exact) mass is 433 g/mol. The molecule has 162 valence electrons. The van der Waals surface area contributed by atoms with Gasteiger partial charge in [0.25, 0.3) is 0 Å². The first-order valence-corrected chi connectivity index (χ1v) is 11.3. The number of hydrogen-bond acceptors (Lipinski definition) is 5. The number of anilines is 1. The number of furan rings is 1. The van der Waals surface area contributed by atoms with Crippen LogP contribution in [-0.2, 0) is 9.59 Å². The molecule has 6 nitrogen and oxygen atoms in total. The van der Waals surface area contributed by atoms with Crippen LogP contribution in [0.15, 0.2) is 47.1 Å². The van der Waals surface area contributed by atoms with Crippen LogP contribution >= 0.6 is 11.8 Å². The Hall–Kier alpha value is -2.32. The highest BCUT2D eigenvalue weighted by Crippen LogP contribution is 2.24. The van der Waals surface area contributed by atoms with Crippen LogP contribution in [0.3, 0.4) is 0 Å². The van der Waals surface area contributed by atoms with Crippen LogP contribution in [-0.4, -0.2) is 47.4 Å². The third-order valence-electron chi connectivity index (χ3n) is 5.13. The average Bonchev–Trinajstić information content (AvgIpc) is 3.29. The summed E-state index contributed by atoms with van der Waals surface area (Å²) in [6.45, 7) is 4.25. The maximum absolute atomic E-state index is 12.9. The van der Waals surface area contributed by atoms with Crippen LogP contribution in [0.2, 0.25) is 0 Å². The van der Waals surface area contributed by atoms with Crippen molar-refractivity contribution in [3.05, 3.63) is 54.2 Å². The van der Waals surface area contributed by atoms with Gasteiger partial charge >= 0.3 is 0 Å². The standard InChI is InChI=1S/C22H28FN3O3S/c1-16(30-15-21(27)25-18-9-7-17(23)8-10-18)22(28)24-14-19(20-6-5-13-29-20)26-11-3-2-4-12-26/h5-10,13,16,19H,2-4,11-12,14-15H2,1H3,(H,24,28)(H,25,27). The predicted octanol–water partition coefficient (Wildman–Crippen LogP) is 3.82. The van der Waals surface area contributed by atoms with Gasteiger partial charge in [-0.1, -0.05) is 6.42 Å². The normalized spacial score (nSPS) is 16.6. The fourth-order valence-electron chi connectivity index (χ4n) is 3.47. The molecule has 0 aliphatic carbocycles. The number of piperidine rings is 1. The van der Waals surface area contributed by atoms with Crippen molar-refractivity contribution in [2.24, 2.45) is 0 Å². The van der Waals surface area contributed by atoms with E-state index in [-0.39, 0.29) is 34.7 Å². The summed E-state index contributed by atoms with van der Waals surface area (Å²) < 4.78 is 18.5. The van der Waals surface area contributed by atoms with E-state index in [1.807, 2.05) is 12.1 Å². The molecule has 1 aromatic heterocycles. The Morgan fingerprint density at radius 3 is 2.57 bits per heavy atom. The topological polar surface area (TPSA) is 74.6 Å². The average molecular weight is 434 g/mol. The number of likely N-dealkylation sites (tertiary alicyclic amines) is 1. The van der Waals surface area contributed by atoms with Gasteiger partial charge in [-0.15, -0.1) is 11.8 Å². The molecule has 1 saturated heterocycles. The lowest BCUT2D eigenvalue weighted by Gasteiger charge is -2.33. The van der Waals surface area contributed by atoms with Gasteiger partial charge in [-0.25, -0.2) is 4.39 Å². The van der Waals surface area contributed by atoms with Gasteiger partial charge in [-0.2, -0.15) is 0 Å². The molecule has 0 radical (unpaired) electrons. The molecule has 2 unspecified atom stereocenters. The van der Waals surface area contributed by atoms with Crippen molar-refractivity contribution in [1.82, 2.24) is 10.2 Å². The Morgan fingerprint density at radius 1 is 1.17 bits per heavy atom. The van der Waals surface area contributed by atoms with Gasteiger partial charge in [0.1, 0.15) is 11.6 Å². The van der Waals surface area contributed by atoms with Crippen molar-refractivity contribution in [3.63, 3.8) is 0 Å². The van der Waals surface area contributed by atoms with Gasteiger partial charge in [0, 0.05) is 12.2 Å². The minimum atomic E-state index is -0.373. The van der Waals surface area contributed by atoms with E-state index in [1.54, 1.807) is 13.2 Å². The molecule has 2 heterocycles. The second kappa shape index (κ2) is 11.2. The van der Waals surface area contributed by atoms with E-state index in [0.717, 1.165) is 31.7 Å². The second-order valence-electron chi connectivity index (χ2n) is 7.38. The second-order valence-corrected chi connectivity index (χ2v) is 8.71. The molecule has 3 rings (SSSR count). The van der Waals surface area contributed by atoms with Crippen LogP contribution < -0.4 is 10.6 Å². The van der Waals surface area contributed by atoms with Crippen molar-refractivity contribution in [1.29, 1.82) is 0 Å². The molecular weight excluding hydrogens is 405 g/mol. The van der Waals surface area contributed by atoms with E-state index in [4.69, 9.17) is 4.42 Å². The molecular formula is C22H28FN3O3S. The number of amides is 2. The van der Waals surface area contributed by atoms with Gasteiger partial charge < -0.3 is 15.1 Å². The summed E-state index contributed by atoms with van der Waals surface area (Å²) in [6.07, 6.45) is 5.20. The smallest absolute Gasteiger partial charge is 0.234 e. The van der Waals surface area contributed by atoms with E-state index in [1.165, 1.54) is 42.4 Å². The minimum absolute atomic E-state index is 0.0169. The Balaban J connectivity index is 1.45. The summed E-state index contributed by atoms with van der Waals surface area (Å²) in [4.78, 5) is 27.0. The summed E-state index contributed by atoms with van der Waals surface area (Å²) in [5.41, 5.74) is 0.530. The Bertz CT molecular complexity index is 808. The number of nitrogens with zero attached hydrogens (tertiary/aromatic N) is 1. The summed E-state index contributed by atoms with van der Waals surface area (Å²) in [6, 6.07) is 9.42. The van der Waals surface area contributed by atoms with Gasteiger partial charge in [0.2, 0.25) is 11.8 Å². The van der Waals surface area contributed by atoms with Crippen LogP contribution in [0.4, 0.5) is 10.1 Å². The quantitative estimate of drug-likeness (QED) is 0.629. The van der Waals surface area contributed by atoms with Crippen molar-refractivity contribution < 1.29 is 18.4 Å². The van der Waals surface area contributed by atoms with E-state index in [9.17, 15) is 14.0 Å². The summed E-state index contributed by atoms with van der Waals surface area (Å²) in [7, 11) is 0. The van der Waals surface area contributed by atoms with E-state index in [0.29, 0.717) is 12.2 Å². The predicted molar refractivity (Wildman–Crippen MR) is 117 cm³/mol. The maximum Gasteiger partial charge on any atom is 0.234 e. The molecule has 0 spiro atoms. The Labute approximate surface area is 180 Å². The van der Waals surface area contributed by atoms with Gasteiger partial charge in [0.15, 0.2) is 0 Å². The van der Waals surface area contributed by atoms with E-state index in [2.05, 4.69) is 15.5 Å². The largest absolute Gasteiger partial charge is 0.468 e. The number of carbonyl (C=O) groups is 2. The van der Waals surface area contributed by atoms with Crippen molar-refractivity contribution in [3.8, 4) is 0 Å². The first kappa shape index (κ1) is 22.4. The SMILES string of the molecule is CC(SCC(=O)Nc1ccc(F)cc1)C(=O)NCC(c1ccco1)N1CCCCC1. The molecule has 30 heavy (non-hydrogen) atoms. The first-order valence-electron chi connectivity index (χ1n) is 10.2. The lowest BCUT2D eigenvalue weighted by Crippen LogP contribution is -2.42. The molecule has 2 atom stereocenters. The molecule has 0 bridgehead atoms. The number of nitrogens with one attached hydrogen (secondary N) is 2. The van der Waals surface area contributed by atoms with Gasteiger partial charge in [-0.3, -0.25) is 14.5 Å². The zero-order valence-electron chi connectivity index (χ0n) is 17.1. The molecule has 1 aromatic carbocycles. The van der Waals surface area contributed by atoms with Crippen LogP contribution in [0.5, 0.6) is 0 Å². The summed E-state index contributed by atoms with van der Waals surface area (Å²) >= 11 is 1.26. The number of rotatable bonds is 9. The van der Waals surface area contributed by atoms with Crippen molar-refractivity contribution in [2.45, 2.75) is 37.5 Å². The number of halogens is 1. The molecule has 0 saturated carbocycles. The van der Waals surface area contributed by atoms with Crippen LogP contribution in [0, 0.1) is 5.82 Å². The summed E-state index contributed by atoms with van der Waals surface area (Å²) in [5.74, 6) is 0.303. The third kappa shape index (κ3) is 6.60. The fraction of sp³-hybridized carbons (Fsp3) is 0.455. The van der Waals surface area contributed by atoms with Gasteiger partial charge in [0.05, 0.1) is 23.3 Å². The fourth-order valence-corrected chi connectivity index (χ4v) is 4.18. The van der Waals surface area contributed by atoms with Crippen LogP contribution in [0.25, 0.3) is 0 Å². The molecule has 2 aromatic rings. The lowest BCUT2D eigenvalue weighted by atomic mass is 10.1. The highest BCUT2D eigenvalue weighted by atomic mass is 32.2. The summed E-state index contributed by atoms with van der Waals surface area (Å²) in [5, 5.41) is 5.34. The van der Waals surface area contributed by atoms with Crippen molar-refractivity contribution in [2.75, 3.05) is 30.7 Å². The molecule has 2 amide bonds. The Morgan fingerprint density at radius 2 is 1.90 bits per heavy atom. The Kier molecular flexibility index (Phi) is 8.33. The number of hydrogen-bond donors (Lipinski definition) is 2. The van der Waals surface area contributed by atoms with Gasteiger partial charge in [-0.05, 0) is 69.3 Å². The minimum Gasteiger partial charge on any atom is -0.468 e. The third-order valence-corrected chi connectivity index (χ3v) is 6.28. The first-order chi connectivity index (χ1) is 14.5. The number of carbonyl (C=O) groups excluding carboxylic acids is 2. The zero-order valence-corrected chi connectivity index (χ0v) is 17.9. The maximum atomic E-state index is 12.9. The van der Waals surface area contributed by atoms with Crippen LogP contribution in [0.1, 0.15) is 38.0 Å². The lowest BCUT2D eigenvalue weighted by molar-refractivity contribution is -0.120. The number of thioether (sulfide) groups is 1. The molecule has 1 fully saturated rings.